The standard InChI is InChI=1S/C21H20FNO4S/c1-14-18-4-2-3-5-19(18)27-20(14)21(24)23(17-10-11-28(25,26)13-17)12-15-6-8-16(22)9-7-15/h2-9,17H,10-13H2,1H3/t17-/m1/s1. The number of carbonyl (C=O) groups excluding carboxylic acids is 1. The van der Waals surface area contributed by atoms with Crippen LogP contribution in [0.15, 0.2) is 52.9 Å². The van der Waals surface area contributed by atoms with Crippen LogP contribution in [0.1, 0.15) is 28.1 Å². The van der Waals surface area contributed by atoms with Crippen molar-refractivity contribution in [3.8, 4) is 0 Å². The molecule has 1 saturated heterocycles. The number of hydrogen-bond donors (Lipinski definition) is 0. The smallest absolute Gasteiger partial charge is 0.290 e. The van der Waals surface area contributed by atoms with E-state index < -0.39 is 15.9 Å². The molecule has 0 bridgehead atoms. The highest BCUT2D eigenvalue weighted by Gasteiger charge is 2.36. The molecule has 1 atom stereocenters. The number of hydrogen-bond acceptors (Lipinski definition) is 4. The topological polar surface area (TPSA) is 67.6 Å². The molecule has 0 aliphatic carbocycles. The van der Waals surface area contributed by atoms with Gasteiger partial charge in [0, 0.05) is 23.5 Å². The van der Waals surface area contributed by atoms with Crippen LogP contribution in [-0.4, -0.2) is 36.8 Å². The average molecular weight is 401 g/mol. The highest BCUT2D eigenvalue weighted by molar-refractivity contribution is 7.91. The van der Waals surface area contributed by atoms with Gasteiger partial charge in [0.15, 0.2) is 15.6 Å². The zero-order valence-electron chi connectivity index (χ0n) is 15.4. The number of fused-ring (bicyclic) bond motifs is 1. The number of halogens is 1. The Morgan fingerprint density at radius 1 is 1.18 bits per heavy atom. The van der Waals surface area contributed by atoms with Crippen molar-refractivity contribution in [2.75, 3.05) is 11.5 Å². The predicted octanol–water partition coefficient (Wildman–Crippen LogP) is 3.71. The van der Waals surface area contributed by atoms with E-state index in [1.54, 1.807) is 23.1 Å². The van der Waals surface area contributed by atoms with Gasteiger partial charge in [0.2, 0.25) is 0 Å². The van der Waals surface area contributed by atoms with Crippen molar-refractivity contribution in [3.63, 3.8) is 0 Å². The molecule has 0 radical (unpaired) electrons. The number of carbonyl (C=O) groups is 1. The van der Waals surface area contributed by atoms with E-state index in [1.165, 1.54) is 12.1 Å². The molecule has 5 nitrogen and oxygen atoms in total. The lowest BCUT2D eigenvalue weighted by atomic mass is 10.1. The maximum atomic E-state index is 13.4. The lowest BCUT2D eigenvalue weighted by Crippen LogP contribution is -2.40. The van der Waals surface area contributed by atoms with E-state index in [4.69, 9.17) is 4.42 Å². The molecule has 28 heavy (non-hydrogen) atoms. The number of rotatable bonds is 4. The van der Waals surface area contributed by atoms with Gasteiger partial charge < -0.3 is 9.32 Å². The Labute approximate surface area is 162 Å². The van der Waals surface area contributed by atoms with Crippen LogP contribution in [0, 0.1) is 12.7 Å². The van der Waals surface area contributed by atoms with Gasteiger partial charge in [-0.25, -0.2) is 12.8 Å². The molecule has 0 N–H and O–H groups in total. The summed E-state index contributed by atoms with van der Waals surface area (Å²) >= 11 is 0. The quantitative estimate of drug-likeness (QED) is 0.668. The van der Waals surface area contributed by atoms with E-state index in [0.29, 0.717) is 12.0 Å². The van der Waals surface area contributed by atoms with E-state index in [0.717, 1.165) is 16.5 Å². The van der Waals surface area contributed by atoms with Gasteiger partial charge in [-0.15, -0.1) is 0 Å². The number of nitrogens with zero attached hydrogens (tertiary/aromatic N) is 1. The zero-order valence-corrected chi connectivity index (χ0v) is 16.2. The van der Waals surface area contributed by atoms with Crippen LogP contribution in [-0.2, 0) is 16.4 Å². The lowest BCUT2D eigenvalue weighted by molar-refractivity contribution is 0.0649. The average Bonchev–Trinajstić information content (AvgIpc) is 3.20. The number of para-hydroxylation sites is 1. The zero-order chi connectivity index (χ0) is 19.9. The molecule has 146 valence electrons. The highest BCUT2D eigenvalue weighted by Crippen LogP contribution is 2.29. The summed E-state index contributed by atoms with van der Waals surface area (Å²) in [4.78, 5) is 14.9. The minimum absolute atomic E-state index is 0.0595. The summed E-state index contributed by atoms with van der Waals surface area (Å²) in [6, 6.07) is 12.8. The van der Waals surface area contributed by atoms with Gasteiger partial charge in [-0.3, -0.25) is 4.79 Å². The van der Waals surface area contributed by atoms with Crippen molar-refractivity contribution < 1.29 is 22.0 Å². The SMILES string of the molecule is Cc1c(C(=O)N(Cc2ccc(F)cc2)[C@@H]2CCS(=O)(=O)C2)oc2ccccc12. The second-order valence-electron chi connectivity index (χ2n) is 7.17. The fourth-order valence-electron chi connectivity index (χ4n) is 3.68. The third-order valence-electron chi connectivity index (χ3n) is 5.21. The molecule has 3 aromatic rings. The van der Waals surface area contributed by atoms with E-state index in [2.05, 4.69) is 0 Å². The van der Waals surface area contributed by atoms with Crippen LogP contribution < -0.4 is 0 Å². The van der Waals surface area contributed by atoms with Crippen molar-refractivity contribution in [2.24, 2.45) is 0 Å². The molecule has 0 saturated carbocycles. The summed E-state index contributed by atoms with van der Waals surface area (Å²) < 4.78 is 43.1. The van der Waals surface area contributed by atoms with Gasteiger partial charge >= 0.3 is 0 Å². The highest BCUT2D eigenvalue weighted by atomic mass is 32.2. The second-order valence-corrected chi connectivity index (χ2v) is 9.40. The Kier molecular flexibility index (Phi) is 4.71. The molecule has 1 aliphatic heterocycles. The summed E-state index contributed by atoms with van der Waals surface area (Å²) in [5.74, 6) is -0.505. The molecule has 2 heterocycles. The van der Waals surface area contributed by atoms with Gasteiger partial charge in [0.1, 0.15) is 11.4 Å². The Morgan fingerprint density at radius 2 is 1.89 bits per heavy atom. The van der Waals surface area contributed by atoms with Crippen molar-refractivity contribution in [3.05, 3.63) is 71.2 Å². The Balaban J connectivity index is 1.72. The van der Waals surface area contributed by atoms with Gasteiger partial charge in [-0.2, -0.15) is 0 Å². The summed E-state index contributed by atoms with van der Waals surface area (Å²) in [6.07, 6.45) is 0.383. The first-order valence-corrected chi connectivity index (χ1v) is 10.9. The molecule has 1 amide bonds. The van der Waals surface area contributed by atoms with E-state index in [1.807, 2.05) is 25.1 Å². The van der Waals surface area contributed by atoms with E-state index >= 15 is 0 Å². The molecule has 7 heteroatoms. The molecule has 1 aliphatic rings. The van der Waals surface area contributed by atoms with Gasteiger partial charge in [-0.1, -0.05) is 30.3 Å². The minimum atomic E-state index is -3.17. The first-order chi connectivity index (χ1) is 13.3. The second kappa shape index (κ2) is 7.05. The van der Waals surface area contributed by atoms with Gasteiger partial charge in [-0.05, 0) is 37.1 Å². The molecule has 0 unspecified atom stereocenters. The number of furan rings is 1. The summed E-state index contributed by atoms with van der Waals surface area (Å²) in [7, 11) is -3.17. The Morgan fingerprint density at radius 3 is 2.54 bits per heavy atom. The van der Waals surface area contributed by atoms with Crippen LogP contribution in [0.25, 0.3) is 11.0 Å². The fourth-order valence-corrected chi connectivity index (χ4v) is 5.41. The van der Waals surface area contributed by atoms with Crippen molar-refractivity contribution in [1.82, 2.24) is 4.90 Å². The third kappa shape index (κ3) is 3.54. The number of aryl methyl sites for hydroxylation is 1. The maximum absolute atomic E-state index is 13.4. The Bertz CT molecular complexity index is 1130. The van der Waals surface area contributed by atoms with Crippen LogP contribution >= 0.6 is 0 Å². The summed E-state index contributed by atoms with van der Waals surface area (Å²) in [5.41, 5.74) is 2.07. The monoisotopic (exact) mass is 401 g/mol. The largest absolute Gasteiger partial charge is 0.451 e. The number of amides is 1. The van der Waals surface area contributed by atoms with Gasteiger partial charge in [0.25, 0.3) is 5.91 Å². The molecular formula is C21H20FNO4S. The third-order valence-corrected chi connectivity index (χ3v) is 6.96. The molecule has 1 aromatic heterocycles. The maximum Gasteiger partial charge on any atom is 0.290 e. The van der Waals surface area contributed by atoms with Crippen LogP contribution in [0.4, 0.5) is 4.39 Å². The number of benzene rings is 2. The van der Waals surface area contributed by atoms with Crippen molar-refractivity contribution >= 4 is 26.7 Å². The van der Waals surface area contributed by atoms with Crippen LogP contribution in [0.5, 0.6) is 0 Å². The molecule has 2 aromatic carbocycles. The normalized spacial score (nSPS) is 18.4. The molecule has 4 rings (SSSR count). The minimum Gasteiger partial charge on any atom is -0.451 e. The fraction of sp³-hybridized carbons (Fsp3) is 0.286. The molecule has 0 spiro atoms. The first kappa shape index (κ1) is 18.7. The first-order valence-electron chi connectivity index (χ1n) is 9.08. The number of sulfone groups is 1. The van der Waals surface area contributed by atoms with Crippen molar-refractivity contribution in [2.45, 2.75) is 25.9 Å². The predicted molar refractivity (Wildman–Crippen MR) is 104 cm³/mol. The summed E-state index contributed by atoms with van der Waals surface area (Å²) in [5, 5.41) is 0.853. The van der Waals surface area contributed by atoms with Crippen LogP contribution in [0.3, 0.4) is 0 Å². The molecule has 1 fully saturated rings. The van der Waals surface area contributed by atoms with E-state index in [-0.39, 0.29) is 35.5 Å². The molecular weight excluding hydrogens is 381 g/mol. The van der Waals surface area contributed by atoms with Crippen LogP contribution in [0.2, 0.25) is 0 Å². The summed E-state index contributed by atoms with van der Waals surface area (Å²) in [6.45, 7) is 2.01. The van der Waals surface area contributed by atoms with Crippen molar-refractivity contribution in [1.29, 1.82) is 0 Å². The van der Waals surface area contributed by atoms with E-state index in [9.17, 15) is 17.6 Å². The Hall–Kier alpha value is -2.67. The van der Waals surface area contributed by atoms with Gasteiger partial charge in [0.05, 0.1) is 11.5 Å². The lowest BCUT2D eigenvalue weighted by Gasteiger charge is -2.28.